The number of pyridine rings is 1. The molecule has 5 unspecified atom stereocenters. The first-order valence-electron chi connectivity index (χ1n) is 12.9. The van der Waals surface area contributed by atoms with Gasteiger partial charge in [-0.25, -0.2) is 0 Å². The third kappa shape index (κ3) is 3.77. The van der Waals surface area contributed by atoms with Gasteiger partial charge >= 0.3 is 0 Å². The van der Waals surface area contributed by atoms with Crippen LogP contribution in [0.4, 0.5) is 5.69 Å². The molecule has 5 nitrogen and oxygen atoms in total. The molecule has 1 aromatic carbocycles. The Morgan fingerprint density at radius 3 is 2.69 bits per heavy atom. The molecule has 2 aromatic rings. The molecule has 0 bridgehead atoms. The average Bonchev–Trinajstić information content (AvgIpc) is 3.18. The summed E-state index contributed by atoms with van der Waals surface area (Å²) in [5, 5.41) is 13.9. The van der Waals surface area contributed by atoms with Crippen LogP contribution in [0, 0.1) is 17.3 Å². The van der Waals surface area contributed by atoms with E-state index >= 15 is 0 Å². The molecule has 1 heterocycles. The number of nitrogens with zero attached hydrogens (tertiary/aromatic N) is 1. The minimum Gasteiger partial charge on any atom is -0.393 e. The molecule has 0 aliphatic heterocycles. The zero-order valence-electron chi connectivity index (χ0n) is 20.2. The Morgan fingerprint density at radius 1 is 1.09 bits per heavy atom. The van der Waals surface area contributed by atoms with E-state index < -0.39 is 0 Å². The first-order chi connectivity index (χ1) is 16.9. The van der Waals surface area contributed by atoms with Crippen LogP contribution in [-0.4, -0.2) is 27.9 Å². The molecular weight excluding hydrogens is 436 g/mol. The third-order valence-corrected chi connectivity index (χ3v) is 9.18. The Morgan fingerprint density at radius 2 is 1.91 bits per heavy atom. The van der Waals surface area contributed by atoms with Gasteiger partial charge in [0.05, 0.1) is 18.0 Å². The second kappa shape index (κ2) is 8.56. The lowest BCUT2D eigenvalue weighted by atomic mass is 9.53. The lowest BCUT2D eigenvalue weighted by molar-refractivity contribution is -0.114. The Labute approximate surface area is 206 Å². The summed E-state index contributed by atoms with van der Waals surface area (Å²) in [5.41, 5.74) is 6.55. The van der Waals surface area contributed by atoms with Gasteiger partial charge in [0.25, 0.3) is 5.91 Å². The molecule has 0 saturated heterocycles. The highest BCUT2D eigenvalue weighted by atomic mass is 16.3. The van der Waals surface area contributed by atoms with Gasteiger partial charge in [-0.15, -0.1) is 0 Å². The zero-order valence-corrected chi connectivity index (χ0v) is 20.2. The number of ketones is 1. The molecule has 6 rings (SSSR count). The van der Waals surface area contributed by atoms with Crippen molar-refractivity contribution < 1.29 is 14.7 Å². The monoisotopic (exact) mass is 468 g/mol. The summed E-state index contributed by atoms with van der Waals surface area (Å²) in [6, 6.07) is 11.6. The molecule has 1 amide bonds. The van der Waals surface area contributed by atoms with Gasteiger partial charge in [0.15, 0.2) is 5.78 Å². The molecule has 4 aliphatic rings. The number of aliphatic hydroxyl groups is 1. The van der Waals surface area contributed by atoms with Gasteiger partial charge < -0.3 is 10.4 Å². The van der Waals surface area contributed by atoms with Crippen molar-refractivity contribution in [3.05, 3.63) is 82.7 Å². The Hall–Kier alpha value is -3.05. The standard InChI is InChI=1S/C30H32N2O3/c1-30-16-25(18-4-6-19(7-5-18)29(35)32-21-3-2-14-31-17-21)28-23-11-9-22(33)15-20(23)8-10-24(28)26(30)12-13-27(30)34/h2-7,14-15,17,24-27,34H,8-13,16H2,1H3,(H,32,35). The maximum Gasteiger partial charge on any atom is 0.255 e. The second-order valence-corrected chi connectivity index (χ2v) is 11.0. The van der Waals surface area contributed by atoms with Crippen molar-refractivity contribution in [3.8, 4) is 0 Å². The molecule has 2 N–H and O–H groups in total. The van der Waals surface area contributed by atoms with Crippen LogP contribution in [0.15, 0.2) is 71.6 Å². The summed E-state index contributed by atoms with van der Waals surface area (Å²) in [7, 11) is 0. The van der Waals surface area contributed by atoms with Gasteiger partial charge in [0.1, 0.15) is 0 Å². The van der Waals surface area contributed by atoms with Gasteiger partial charge in [-0.05, 0) is 103 Å². The van der Waals surface area contributed by atoms with E-state index in [1.165, 1.54) is 22.3 Å². The van der Waals surface area contributed by atoms with E-state index in [0.717, 1.165) is 38.5 Å². The van der Waals surface area contributed by atoms with Crippen LogP contribution in [0.2, 0.25) is 0 Å². The van der Waals surface area contributed by atoms with Crippen LogP contribution < -0.4 is 5.32 Å². The van der Waals surface area contributed by atoms with Crippen LogP contribution in [0.25, 0.3) is 0 Å². The smallest absolute Gasteiger partial charge is 0.255 e. The highest BCUT2D eigenvalue weighted by Gasteiger charge is 2.56. The zero-order chi connectivity index (χ0) is 24.2. The maximum absolute atomic E-state index is 12.8. The number of amides is 1. The summed E-state index contributed by atoms with van der Waals surface area (Å²) < 4.78 is 0. The van der Waals surface area contributed by atoms with Gasteiger partial charge in [0.2, 0.25) is 0 Å². The van der Waals surface area contributed by atoms with Crippen LogP contribution in [0.5, 0.6) is 0 Å². The fourth-order valence-corrected chi connectivity index (χ4v) is 7.44. The minimum absolute atomic E-state index is 0.0958. The fraction of sp³-hybridized carbons (Fsp3) is 0.433. The van der Waals surface area contributed by atoms with Crippen molar-refractivity contribution in [3.63, 3.8) is 0 Å². The number of anilines is 1. The first kappa shape index (κ1) is 22.4. The van der Waals surface area contributed by atoms with Crippen molar-refractivity contribution in [2.75, 3.05) is 5.32 Å². The number of aromatic nitrogens is 1. The van der Waals surface area contributed by atoms with Crippen molar-refractivity contribution in [1.82, 2.24) is 4.98 Å². The molecule has 0 spiro atoms. The number of hydrogen-bond donors (Lipinski definition) is 2. The molecule has 1 aromatic heterocycles. The average molecular weight is 469 g/mol. The quantitative estimate of drug-likeness (QED) is 0.615. The maximum atomic E-state index is 12.8. The number of aliphatic hydroxyl groups excluding tert-OH is 1. The van der Waals surface area contributed by atoms with Crippen molar-refractivity contribution in [2.24, 2.45) is 17.3 Å². The van der Waals surface area contributed by atoms with E-state index in [9.17, 15) is 14.7 Å². The third-order valence-electron chi connectivity index (χ3n) is 9.18. The SMILES string of the molecule is CC12CC(c3ccc(C(=O)Nc4cccnc4)cc3)C3=C4CCC(=O)C=C4CCC3C1CCC2O. The molecule has 2 fully saturated rings. The van der Waals surface area contributed by atoms with Crippen molar-refractivity contribution in [1.29, 1.82) is 0 Å². The predicted octanol–water partition coefficient (Wildman–Crippen LogP) is 5.59. The number of rotatable bonds is 3. The predicted molar refractivity (Wildman–Crippen MR) is 135 cm³/mol. The number of carbonyl (C=O) groups excluding carboxylic acids is 2. The number of hydrogen-bond acceptors (Lipinski definition) is 4. The number of nitrogens with one attached hydrogen (secondary N) is 1. The van der Waals surface area contributed by atoms with E-state index in [0.29, 0.717) is 29.5 Å². The number of allylic oxidation sites excluding steroid dienone is 4. The van der Waals surface area contributed by atoms with Crippen molar-refractivity contribution >= 4 is 17.4 Å². The van der Waals surface area contributed by atoms with Gasteiger partial charge in [-0.2, -0.15) is 0 Å². The van der Waals surface area contributed by atoms with E-state index in [4.69, 9.17) is 0 Å². The van der Waals surface area contributed by atoms with Gasteiger partial charge in [-0.1, -0.05) is 24.6 Å². The molecule has 2 saturated carbocycles. The Bertz CT molecular complexity index is 1230. The molecule has 5 atom stereocenters. The lowest BCUT2D eigenvalue weighted by Gasteiger charge is -2.52. The van der Waals surface area contributed by atoms with Gasteiger partial charge in [0, 0.05) is 24.1 Å². The normalized spacial score (nSPS) is 31.8. The van der Waals surface area contributed by atoms with E-state index in [1.807, 2.05) is 24.3 Å². The van der Waals surface area contributed by atoms with Crippen LogP contribution in [-0.2, 0) is 4.79 Å². The van der Waals surface area contributed by atoms with Crippen LogP contribution in [0.3, 0.4) is 0 Å². The summed E-state index contributed by atoms with van der Waals surface area (Å²) in [4.78, 5) is 29.0. The van der Waals surface area contributed by atoms with Crippen LogP contribution >= 0.6 is 0 Å². The molecule has 0 radical (unpaired) electrons. The van der Waals surface area contributed by atoms with E-state index in [1.54, 1.807) is 18.5 Å². The molecular formula is C30H32N2O3. The summed E-state index contributed by atoms with van der Waals surface area (Å²) >= 11 is 0. The minimum atomic E-state index is -0.268. The summed E-state index contributed by atoms with van der Waals surface area (Å²) in [6.07, 6.45) is 11.3. The van der Waals surface area contributed by atoms with E-state index in [-0.39, 0.29) is 29.1 Å². The number of benzene rings is 1. The Kier molecular flexibility index (Phi) is 5.48. The van der Waals surface area contributed by atoms with Crippen LogP contribution in [0.1, 0.15) is 73.7 Å². The second-order valence-electron chi connectivity index (χ2n) is 11.0. The largest absolute Gasteiger partial charge is 0.393 e. The van der Waals surface area contributed by atoms with Crippen molar-refractivity contribution in [2.45, 2.75) is 63.9 Å². The molecule has 35 heavy (non-hydrogen) atoms. The molecule has 180 valence electrons. The highest BCUT2D eigenvalue weighted by Crippen LogP contribution is 2.63. The number of carbonyl (C=O) groups is 2. The molecule has 5 heteroatoms. The topological polar surface area (TPSA) is 79.3 Å². The highest BCUT2D eigenvalue weighted by molar-refractivity contribution is 6.04. The van der Waals surface area contributed by atoms with Gasteiger partial charge in [-0.3, -0.25) is 14.6 Å². The Balaban J connectivity index is 1.36. The van der Waals surface area contributed by atoms with E-state index in [2.05, 4.69) is 29.4 Å². The molecule has 4 aliphatic carbocycles. The summed E-state index contributed by atoms with van der Waals surface area (Å²) in [6.45, 7) is 2.29. The number of fused-ring (bicyclic) bond motifs is 4. The lowest BCUT2D eigenvalue weighted by Crippen LogP contribution is -2.45. The summed E-state index contributed by atoms with van der Waals surface area (Å²) in [5.74, 6) is 1.27. The fourth-order valence-electron chi connectivity index (χ4n) is 7.44. The first-order valence-corrected chi connectivity index (χ1v) is 12.9.